The van der Waals surface area contributed by atoms with Crippen molar-refractivity contribution in [2.75, 3.05) is 24.5 Å². The molecular weight excluding hydrogens is 362 g/mol. The van der Waals surface area contributed by atoms with Gasteiger partial charge in [-0.2, -0.15) is 4.52 Å². The number of benzene rings is 1. The molecule has 0 amide bonds. The molecule has 0 saturated carbocycles. The third-order valence-electron chi connectivity index (χ3n) is 5.58. The van der Waals surface area contributed by atoms with Crippen LogP contribution in [0.3, 0.4) is 0 Å². The average molecular weight is 390 g/mol. The van der Waals surface area contributed by atoms with Crippen LogP contribution in [0.5, 0.6) is 0 Å². The first kappa shape index (κ1) is 18.1. The summed E-state index contributed by atoms with van der Waals surface area (Å²) in [5.41, 5.74) is 3.23. The molecule has 0 spiro atoms. The molecule has 0 bridgehead atoms. The van der Waals surface area contributed by atoms with Crippen molar-refractivity contribution in [3.63, 3.8) is 0 Å². The Labute approximate surface area is 170 Å². The number of hydrogen-bond donors (Lipinski definition) is 2. The molecule has 2 N–H and O–H groups in total. The lowest BCUT2D eigenvalue weighted by Crippen LogP contribution is -2.51. The summed E-state index contributed by atoms with van der Waals surface area (Å²) < 4.78 is 1.89. The molecule has 4 aromatic rings. The van der Waals surface area contributed by atoms with E-state index in [1.807, 2.05) is 22.8 Å². The molecule has 7 nitrogen and oxygen atoms in total. The molecule has 1 saturated heterocycles. The van der Waals surface area contributed by atoms with E-state index >= 15 is 0 Å². The number of fused-ring (bicyclic) bond motifs is 2. The molecule has 3 aromatic heterocycles. The van der Waals surface area contributed by atoms with Crippen LogP contribution in [-0.2, 0) is 12.0 Å². The zero-order valence-electron chi connectivity index (χ0n) is 17.2. The van der Waals surface area contributed by atoms with Gasteiger partial charge in [-0.1, -0.05) is 26.8 Å². The summed E-state index contributed by atoms with van der Waals surface area (Å²) in [4.78, 5) is 5.56. The lowest BCUT2D eigenvalue weighted by Gasteiger charge is -2.40. The molecule has 29 heavy (non-hydrogen) atoms. The van der Waals surface area contributed by atoms with Gasteiger partial charge in [-0.3, -0.25) is 0 Å². The zero-order valence-corrected chi connectivity index (χ0v) is 17.2. The van der Waals surface area contributed by atoms with E-state index in [4.69, 9.17) is 5.10 Å². The van der Waals surface area contributed by atoms with Crippen LogP contribution >= 0.6 is 0 Å². The number of H-pyrrole nitrogens is 1. The SMILES string of the molecule is CC(C)(C)c1nnc2ccc(N3CC(CNCc4ccc5[nH]ccc5c4)C3)nn12. The van der Waals surface area contributed by atoms with Gasteiger partial charge in [0.2, 0.25) is 0 Å². The molecule has 1 aromatic carbocycles. The van der Waals surface area contributed by atoms with Gasteiger partial charge in [-0.05, 0) is 41.3 Å². The number of anilines is 1. The highest BCUT2D eigenvalue weighted by Crippen LogP contribution is 2.25. The van der Waals surface area contributed by atoms with Crippen LogP contribution in [0, 0.1) is 5.92 Å². The lowest BCUT2D eigenvalue weighted by atomic mass is 9.96. The highest BCUT2D eigenvalue weighted by molar-refractivity contribution is 5.79. The molecule has 1 aliphatic rings. The first-order valence-corrected chi connectivity index (χ1v) is 10.2. The summed E-state index contributed by atoms with van der Waals surface area (Å²) >= 11 is 0. The van der Waals surface area contributed by atoms with Gasteiger partial charge >= 0.3 is 0 Å². The summed E-state index contributed by atoms with van der Waals surface area (Å²) in [6.45, 7) is 10.4. The maximum Gasteiger partial charge on any atom is 0.178 e. The second-order valence-electron chi connectivity index (χ2n) is 9.04. The standard InChI is InChI=1S/C22H27N7/c1-22(2,3)21-26-25-19-6-7-20(27-29(19)21)28-13-16(14-28)12-23-11-15-4-5-18-17(10-15)8-9-24-18/h4-10,16,23-24H,11-14H2,1-3H3. The Morgan fingerprint density at radius 3 is 2.79 bits per heavy atom. The third kappa shape index (κ3) is 3.46. The summed E-state index contributed by atoms with van der Waals surface area (Å²) in [5, 5.41) is 18.3. The van der Waals surface area contributed by atoms with E-state index < -0.39 is 0 Å². The quantitative estimate of drug-likeness (QED) is 0.549. The molecular formula is C22H27N7. The summed E-state index contributed by atoms with van der Waals surface area (Å²) in [5.74, 6) is 2.54. The smallest absolute Gasteiger partial charge is 0.178 e. The van der Waals surface area contributed by atoms with Crippen molar-refractivity contribution in [3.8, 4) is 0 Å². The van der Waals surface area contributed by atoms with E-state index in [1.165, 1.54) is 16.5 Å². The second-order valence-corrected chi connectivity index (χ2v) is 9.04. The van der Waals surface area contributed by atoms with E-state index in [1.54, 1.807) is 0 Å². The second kappa shape index (κ2) is 6.84. The van der Waals surface area contributed by atoms with Crippen molar-refractivity contribution in [1.82, 2.24) is 30.1 Å². The van der Waals surface area contributed by atoms with Crippen LogP contribution in [0.4, 0.5) is 5.82 Å². The largest absolute Gasteiger partial charge is 0.361 e. The number of aromatic nitrogens is 5. The topological polar surface area (TPSA) is 74.1 Å². The predicted molar refractivity (Wildman–Crippen MR) is 115 cm³/mol. The fraction of sp³-hybridized carbons (Fsp3) is 0.409. The molecule has 4 heterocycles. The van der Waals surface area contributed by atoms with Gasteiger partial charge in [0.05, 0.1) is 0 Å². The van der Waals surface area contributed by atoms with Crippen molar-refractivity contribution in [3.05, 3.63) is 54.0 Å². The van der Waals surface area contributed by atoms with Crippen molar-refractivity contribution < 1.29 is 0 Å². The fourth-order valence-corrected chi connectivity index (χ4v) is 3.93. The van der Waals surface area contributed by atoms with Crippen LogP contribution in [0.2, 0.25) is 0 Å². The van der Waals surface area contributed by atoms with Crippen molar-refractivity contribution in [2.45, 2.75) is 32.7 Å². The average Bonchev–Trinajstić information content (AvgIpc) is 3.28. The Balaban J connectivity index is 1.17. The molecule has 0 unspecified atom stereocenters. The minimum absolute atomic E-state index is 0.0874. The molecule has 7 heteroatoms. The first-order valence-electron chi connectivity index (χ1n) is 10.2. The van der Waals surface area contributed by atoms with Gasteiger partial charge in [0, 0.05) is 49.2 Å². The summed E-state index contributed by atoms with van der Waals surface area (Å²) in [7, 11) is 0. The third-order valence-corrected chi connectivity index (χ3v) is 5.58. The Kier molecular flexibility index (Phi) is 4.28. The molecule has 0 atom stereocenters. The number of rotatable bonds is 5. The molecule has 0 aliphatic carbocycles. The van der Waals surface area contributed by atoms with Crippen molar-refractivity contribution in [1.29, 1.82) is 0 Å². The Morgan fingerprint density at radius 1 is 1.10 bits per heavy atom. The minimum atomic E-state index is -0.0874. The van der Waals surface area contributed by atoms with Crippen LogP contribution in [0.25, 0.3) is 16.6 Å². The molecule has 0 radical (unpaired) electrons. The fourth-order valence-electron chi connectivity index (χ4n) is 3.93. The number of aromatic amines is 1. The number of nitrogens with zero attached hydrogens (tertiary/aromatic N) is 5. The zero-order chi connectivity index (χ0) is 20.0. The highest BCUT2D eigenvalue weighted by atomic mass is 15.4. The Hall–Kier alpha value is -2.93. The highest BCUT2D eigenvalue weighted by Gasteiger charge is 2.28. The van der Waals surface area contributed by atoms with Gasteiger partial charge in [0.25, 0.3) is 0 Å². The molecule has 1 aliphatic heterocycles. The van der Waals surface area contributed by atoms with Crippen LogP contribution in [0.15, 0.2) is 42.6 Å². The molecule has 5 rings (SSSR count). The number of nitrogens with one attached hydrogen (secondary N) is 2. The molecule has 150 valence electrons. The molecule has 1 fully saturated rings. The van der Waals surface area contributed by atoms with E-state index in [-0.39, 0.29) is 5.41 Å². The van der Waals surface area contributed by atoms with Gasteiger partial charge in [0.15, 0.2) is 11.5 Å². The Morgan fingerprint density at radius 2 is 1.97 bits per heavy atom. The van der Waals surface area contributed by atoms with E-state index in [2.05, 4.69) is 70.4 Å². The monoisotopic (exact) mass is 389 g/mol. The van der Waals surface area contributed by atoms with Crippen LogP contribution in [-0.4, -0.2) is 44.4 Å². The minimum Gasteiger partial charge on any atom is -0.361 e. The first-order chi connectivity index (χ1) is 14.0. The van der Waals surface area contributed by atoms with E-state index in [9.17, 15) is 0 Å². The predicted octanol–water partition coefficient (Wildman–Crippen LogP) is 3.13. The van der Waals surface area contributed by atoms with Crippen LogP contribution in [0.1, 0.15) is 32.2 Å². The lowest BCUT2D eigenvalue weighted by molar-refractivity contribution is 0.381. The van der Waals surface area contributed by atoms with Crippen molar-refractivity contribution >= 4 is 22.4 Å². The van der Waals surface area contributed by atoms with Gasteiger partial charge in [-0.15, -0.1) is 15.3 Å². The maximum atomic E-state index is 4.80. The number of hydrogen-bond acceptors (Lipinski definition) is 5. The van der Waals surface area contributed by atoms with Crippen molar-refractivity contribution in [2.24, 2.45) is 5.92 Å². The van der Waals surface area contributed by atoms with E-state index in [0.717, 1.165) is 43.5 Å². The van der Waals surface area contributed by atoms with Gasteiger partial charge in [-0.25, -0.2) is 0 Å². The van der Waals surface area contributed by atoms with E-state index in [0.29, 0.717) is 5.92 Å². The normalized spacial score (nSPS) is 15.3. The Bertz CT molecular complexity index is 1140. The maximum absolute atomic E-state index is 4.80. The van der Waals surface area contributed by atoms with Gasteiger partial charge < -0.3 is 15.2 Å². The summed E-state index contributed by atoms with van der Waals surface area (Å²) in [6, 6.07) is 12.8. The van der Waals surface area contributed by atoms with Gasteiger partial charge in [0.1, 0.15) is 5.82 Å². The van der Waals surface area contributed by atoms with Crippen LogP contribution < -0.4 is 10.2 Å². The summed E-state index contributed by atoms with van der Waals surface area (Å²) in [6.07, 6.45) is 1.99.